The Balaban J connectivity index is 3.92. The minimum Gasteiger partial charge on any atom is -0.287 e. The second-order valence-electron chi connectivity index (χ2n) is 2.48. The van der Waals surface area contributed by atoms with Crippen LogP contribution in [0.3, 0.4) is 0 Å². The molecule has 1 heterocycles. The minimum absolute atomic E-state index is 0.0353. The molecule has 0 fully saturated rings. The Morgan fingerprint density at radius 1 is 1.31 bits per heavy atom. The maximum absolute atomic E-state index is 11.3. The van der Waals surface area contributed by atoms with Gasteiger partial charge in [0.2, 0.25) is 0 Å². The van der Waals surface area contributed by atoms with Gasteiger partial charge in [-0.05, 0) is 15.9 Å². The van der Waals surface area contributed by atoms with Crippen molar-refractivity contribution in [1.82, 2.24) is 9.13 Å². The molecule has 0 atom stereocenters. The molecule has 0 bridgehead atoms. The maximum atomic E-state index is 11.3. The van der Waals surface area contributed by atoms with Gasteiger partial charge in [-0.25, -0.2) is 4.79 Å². The van der Waals surface area contributed by atoms with Crippen molar-refractivity contribution in [1.29, 1.82) is 5.26 Å². The Morgan fingerprint density at radius 2 is 1.85 bits per heavy atom. The van der Waals surface area contributed by atoms with Crippen LogP contribution in [0.2, 0.25) is 0 Å². The molecule has 1 rings (SSSR count). The van der Waals surface area contributed by atoms with E-state index in [9.17, 15) is 9.59 Å². The highest BCUT2D eigenvalue weighted by Gasteiger charge is 2.11. The van der Waals surface area contributed by atoms with E-state index in [0.717, 1.165) is 9.13 Å². The number of hydrogen-bond acceptors (Lipinski definition) is 3. The lowest BCUT2D eigenvalue weighted by atomic mass is 10.4. The summed E-state index contributed by atoms with van der Waals surface area (Å²) in [4.78, 5) is 22.5. The van der Waals surface area contributed by atoms with Gasteiger partial charge in [0.05, 0.1) is 0 Å². The normalized spacial score (nSPS) is 9.69. The van der Waals surface area contributed by atoms with Crippen LogP contribution in [-0.4, -0.2) is 9.13 Å². The summed E-state index contributed by atoms with van der Waals surface area (Å²) in [5, 5.41) is 8.65. The van der Waals surface area contributed by atoms with Gasteiger partial charge in [0.25, 0.3) is 5.56 Å². The van der Waals surface area contributed by atoms with Gasteiger partial charge in [-0.3, -0.25) is 13.9 Å². The molecule has 0 saturated carbocycles. The summed E-state index contributed by atoms with van der Waals surface area (Å²) < 4.78 is 2.16. The highest BCUT2D eigenvalue weighted by Crippen LogP contribution is 2.06. The highest BCUT2D eigenvalue weighted by atomic mass is 79.9. The van der Waals surface area contributed by atoms with Crippen molar-refractivity contribution >= 4 is 15.9 Å². The van der Waals surface area contributed by atoms with Crippen LogP contribution >= 0.6 is 15.9 Å². The fourth-order valence-electron chi connectivity index (χ4n) is 0.927. The van der Waals surface area contributed by atoms with Crippen LogP contribution in [0.5, 0.6) is 0 Å². The van der Waals surface area contributed by atoms with Crippen molar-refractivity contribution in [2.24, 2.45) is 14.1 Å². The molecule has 0 aliphatic rings. The van der Waals surface area contributed by atoms with E-state index in [-0.39, 0.29) is 10.2 Å². The van der Waals surface area contributed by atoms with Crippen LogP contribution in [0.25, 0.3) is 0 Å². The first kappa shape index (κ1) is 9.74. The third kappa shape index (κ3) is 1.31. The Bertz CT molecular complexity index is 469. The largest absolute Gasteiger partial charge is 0.331 e. The van der Waals surface area contributed by atoms with E-state index in [1.54, 1.807) is 6.07 Å². The first-order valence-electron chi connectivity index (χ1n) is 3.36. The fourth-order valence-corrected chi connectivity index (χ4v) is 1.55. The number of nitriles is 1. The van der Waals surface area contributed by atoms with Gasteiger partial charge in [0.15, 0.2) is 0 Å². The van der Waals surface area contributed by atoms with E-state index in [2.05, 4.69) is 15.9 Å². The van der Waals surface area contributed by atoms with E-state index in [1.165, 1.54) is 14.1 Å². The van der Waals surface area contributed by atoms with E-state index in [4.69, 9.17) is 5.26 Å². The summed E-state index contributed by atoms with van der Waals surface area (Å²) in [5.74, 6) is 0. The van der Waals surface area contributed by atoms with Crippen LogP contribution in [0.4, 0.5) is 0 Å². The molecular weight excluding hydrogens is 238 g/mol. The molecule has 0 saturated heterocycles. The smallest absolute Gasteiger partial charge is 0.287 e. The summed E-state index contributed by atoms with van der Waals surface area (Å²) >= 11 is 2.96. The van der Waals surface area contributed by atoms with Gasteiger partial charge in [0.1, 0.15) is 16.2 Å². The van der Waals surface area contributed by atoms with Crippen molar-refractivity contribution in [3.8, 4) is 6.07 Å². The van der Waals surface area contributed by atoms with Crippen molar-refractivity contribution in [2.75, 3.05) is 0 Å². The SMILES string of the molecule is Cn1c(C#N)c(Br)c(=O)n(C)c1=O. The quantitative estimate of drug-likeness (QED) is 0.630. The number of nitrogens with zero attached hydrogens (tertiary/aromatic N) is 3. The van der Waals surface area contributed by atoms with Gasteiger partial charge in [-0.2, -0.15) is 5.26 Å². The third-order valence-electron chi connectivity index (χ3n) is 1.72. The molecule has 0 aromatic carbocycles. The van der Waals surface area contributed by atoms with Crippen LogP contribution in [-0.2, 0) is 14.1 Å². The number of hydrogen-bond donors (Lipinski definition) is 0. The number of aromatic nitrogens is 2. The number of rotatable bonds is 0. The average molecular weight is 244 g/mol. The van der Waals surface area contributed by atoms with Crippen LogP contribution in [0.15, 0.2) is 14.1 Å². The molecule has 0 aliphatic heterocycles. The zero-order chi connectivity index (χ0) is 10.2. The lowest BCUT2D eigenvalue weighted by Crippen LogP contribution is -2.38. The Kier molecular flexibility index (Phi) is 2.38. The predicted octanol–water partition coefficient (Wildman–Crippen LogP) is -0.282. The molecule has 0 aliphatic carbocycles. The number of halogens is 1. The monoisotopic (exact) mass is 243 g/mol. The Labute approximate surface area is 82.0 Å². The van der Waals surface area contributed by atoms with Crippen LogP contribution in [0, 0.1) is 11.3 Å². The molecule has 0 amide bonds. The molecule has 68 valence electrons. The van der Waals surface area contributed by atoms with Gasteiger partial charge in [-0.1, -0.05) is 0 Å². The second-order valence-corrected chi connectivity index (χ2v) is 3.27. The van der Waals surface area contributed by atoms with Gasteiger partial charge in [0, 0.05) is 14.1 Å². The molecule has 1 aromatic rings. The Hall–Kier alpha value is -1.35. The summed E-state index contributed by atoms with van der Waals surface area (Å²) in [6.07, 6.45) is 0. The van der Waals surface area contributed by atoms with E-state index < -0.39 is 11.2 Å². The van der Waals surface area contributed by atoms with Crippen molar-refractivity contribution in [2.45, 2.75) is 0 Å². The molecule has 0 spiro atoms. The summed E-state index contributed by atoms with van der Waals surface area (Å²) in [6, 6.07) is 1.78. The second kappa shape index (κ2) is 3.18. The Morgan fingerprint density at radius 3 is 2.31 bits per heavy atom. The van der Waals surface area contributed by atoms with Crippen LogP contribution < -0.4 is 11.2 Å². The van der Waals surface area contributed by atoms with E-state index in [1.807, 2.05) is 0 Å². The van der Waals surface area contributed by atoms with Crippen LogP contribution in [0.1, 0.15) is 5.69 Å². The first-order chi connectivity index (χ1) is 6.00. The lowest BCUT2D eigenvalue weighted by Gasteiger charge is -2.04. The van der Waals surface area contributed by atoms with Gasteiger partial charge in [-0.15, -0.1) is 0 Å². The lowest BCUT2D eigenvalue weighted by molar-refractivity contribution is 0.672. The summed E-state index contributed by atoms with van der Waals surface area (Å²) in [6.45, 7) is 0. The zero-order valence-electron chi connectivity index (χ0n) is 7.04. The first-order valence-corrected chi connectivity index (χ1v) is 4.15. The van der Waals surface area contributed by atoms with Crippen molar-refractivity contribution in [3.63, 3.8) is 0 Å². The molecule has 6 heteroatoms. The molecule has 1 aromatic heterocycles. The summed E-state index contributed by atoms with van der Waals surface area (Å²) in [5.41, 5.74) is -0.975. The zero-order valence-corrected chi connectivity index (χ0v) is 8.62. The topological polar surface area (TPSA) is 67.8 Å². The molecule has 13 heavy (non-hydrogen) atoms. The van der Waals surface area contributed by atoms with Gasteiger partial charge >= 0.3 is 5.69 Å². The van der Waals surface area contributed by atoms with E-state index >= 15 is 0 Å². The predicted molar refractivity (Wildman–Crippen MR) is 49.3 cm³/mol. The fraction of sp³-hybridized carbons (Fsp3) is 0.286. The van der Waals surface area contributed by atoms with Crippen molar-refractivity contribution < 1.29 is 0 Å². The molecule has 0 radical (unpaired) electrons. The minimum atomic E-state index is -0.509. The van der Waals surface area contributed by atoms with Gasteiger partial charge < -0.3 is 0 Å². The highest BCUT2D eigenvalue weighted by molar-refractivity contribution is 9.10. The van der Waals surface area contributed by atoms with E-state index in [0.29, 0.717) is 0 Å². The molecule has 0 N–H and O–H groups in total. The molecular formula is C7H6BrN3O2. The summed E-state index contributed by atoms with van der Waals surface area (Å²) in [7, 11) is 2.79. The van der Waals surface area contributed by atoms with Crippen molar-refractivity contribution in [3.05, 3.63) is 31.0 Å². The standard InChI is InChI=1S/C7H6BrN3O2/c1-10-4(3-9)5(8)6(12)11(2)7(10)13/h1-2H3. The maximum Gasteiger partial charge on any atom is 0.331 e. The molecule has 0 unspecified atom stereocenters. The third-order valence-corrected chi connectivity index (χ3v) is 2.43. The average Bonchev–Trinajstić information content (AvgIpc) is 2.13. The molecule has 5 nitrogen and oxygen atoms in total.